The third-order valence-electron chi connectivity index (χ3n) is 7.02. The number of pyridine rings is 1. The number of carbonyl (C=O) groups excluding carboxylic acids is 1. The van der Waals surface area contributed by atoms with Gasteiger partial charge in [0.25, 0.3) is 0 Å². The van der Waals surface area contributed by atoms with E-state index in [1.807, 2.05) is 24.7 Å². The molecular weight excluding hydrogens is 362 g/mol. The van der Waals surface area contributed by atoms with Gasteiger partial charge in [-0.3, -0.25) is 14.7 Å². The van der Waals surface area contributed by atoms with E-state index in [4.69, 9.17) is 4.98 Å². The molecule has 1 saturated carbocycles. The second-order valence-corrected chi connectivity index (χ2v) is 9.48. The molecule has 5 rings (SSSR count). The Bertz CT molecular complexity index is 874. The maximum atomic E-state index is 13.7. The van der Waals surface area contributed by atoms with Crippen molar-refractivity contribution in [3.8, 4) is 0 Å². The molecule has 1 aliphatic carbocycles. The van der Waals surface area contributed by atoms with Crippen molar-refractivity contribution in [1.29, 1.82) is 0 Å². The highest BCUT2D eigenvalue weighted by molar-refractivity contribution is 5.86. The van der Waals surface area contributed by atoms with Crippen LogP contribution in [0.15, 0.2) is 36.9 Å². The number of nitrogens with zero attached hydrogens (tertiary/aromatic N) is 5. The van der Waals surface area contributed by atoms with E-state index in [1.165, 1.54) is 12.8 Å². The maximum Gasteiger partial charge on any atom is 0.230 e. The van der Waals surface area contributed by atoms with E-state index in [-0.39, 0.29) is 11.3 Å². The van der Waals surface area contributed by atoms with Gasteiger partial charge >= 0.3 is 0 Å². The average molecular weight is 394 g/mol. The molecule has 4 heterocycles. The van der Waals surface area contributed by atoms with Crippen LogP contribution in [0.4, 0.5) is 0 Å². The second kappa shape index (κ2) is 7.24. The number of amides is 1. The van der Waals surface area contributed by atoms with Crippen LogP contribution in [-0.4, -0.2) is 56.4 Å². The zero-order valence-corrected chi connectivity index (χ0v) is 17.5. The summed E-state index contributed by atoms with van der Waals surface area (Å²) in [6.07, 6.45) is 9.45. The zero-order chi connectivity index (χ0) is 20.0. The van der Waals surface area contributed by atoms with Gasteiger partial charge in [-0.1, -0.05) is 6.07 Å². The Labute approximate surface area is 172 Å². The lowest BCUT2D eigenvalue weighted by atomic mass is 9.75. The second-order valence-electron chi connectivity index (χ2n) is 9.48. The lowest BCUT2D eigenvalue weighted by molar-refractivity contribution is -0.136. The molecule has 2 saturated heterocycles. The lowest BCUT2D eigenvalue weighted by Gasteiger charge is -2.28. The summed E-state index contributed by atoms with van der Waals surface area (Å²) < 4.78 is 2.16. The first-order chi connectivity index (χ1) is 14.0. The van der Waals surface area contributed by atoms with Crippen LogP contribution in [0.2, 0.25) is 0 Å². The molecule has 2 aliphatic heterocycles. The third kappa shape index (κ3) is 3.48. The van der Waals surface area contributed by atoms with E-state index < -0.39 is 0 Å². The Morgan fingerprint density at radius 1 is 1.24 bits per heavy atom. The number of aromatic nitrogens is 3. The first kappa shape index (κ1) is 18.8. The Hall–Kier alpha value is -2.21. The minimum absolute atomic E-state index is 0.155. The van der Waals surface area contributed by atoms with Crippen LogP contribution in [0, 0.1) is 11.3 Å². The minimum atomic E-state index is -0.333. The van der Waals surface area contributed by atoms with E-state index in [9.17, 15) is 4.79 Å². The van der Waals surface area contributed by atoms with E-state index in [2.05, 4.69) is 45.5 Å². The molecule has 0 aromatic carbocycles. The quantitative estimate of drug-likeness (QED) is 0.757. The summed E-state index contributed by atoms with van der Waals surface area (Å²) in [5, 5.41) is 0. The maximum absolute atomic E-state index is 13.7. The van der Waals surface area contributed by atoms with E-state index in [0.29, 0.717) is 11.9 Å². The fraction of sp³-hybridized carbons (Fsp3) is 0.609. The van der Waals surface area contributed by atoms with Crippen molar-refractivity contribution in [2.45, 2.75) is 51.6 Å². The van der Waals surface area contributed by atoms with Crippen LogP contribution in [0.1, 0.15) is 56.5 Å². The zero-order valence-electron chi connectivity index (χ0n) is 17.5. The number of hydrogen-bond acceptors (Lipinski definition) is 4. The monoisotopic (exact) mass is 393 g/mol. The predicted octanol–water partition coefficient (Wildman–Crippen LogP) is 3.09. The van der Waals surface area contributed by atoms with Crippen molar-refractivity contribution < 1.29 is 4.79 Å². The molecular formula is C23H31N5O. The van der Waals surface area contributed by atoms with Gasteiger partial charge in [0.2, 0.25) is 5.91 Å². The highest BCUT2D eigenvalue weighted by Gasteiger charge is 2.58. The Morgan fingerprint density at radius 3 is 2.79 bits per heavy atom. The molecule has 0 bridgehead atoms. The Kier molecular flexibility index (Phi) is 4.69. The predicted molar refractivity (Wildman–Crippen MR) is 111 cm³/mol. The molecule has 3 fully saturated rings. The van der Waals surface area contributed by atoms with Crippen molar-refractivity contribution in [1.82, 2.24) is 24.3 Å². The Balaban J connectivity index is 1.43. The first-order valence-electron chi connectivity index (χ1n) is 11.0. The van der Waals surface area contributed by atoms with Crippen LogP contribution in [0.25, 0.3) is 0 Å². The number of imidazole rings is 1. The normalized spacial score (nSPS) is 27.6. The fourth-order valence-electron chi connectivity index (χ4n) is 5.15. The number of likely N-dealkylation sites (tertiary alicyclic amines) is 2. The largest absolute Gasteiger partial charge is 0.342 e. The first-order valence-corrected chi connectivity index (χ1v) is 11.0. The molecule has 2 atom stereocenters. The van der Waals surface area contributed by atoms with Crippen molar-refractivity contribution in [3.05, 3.63) is 48.3 Å². The summed E-state index contributed by atoms with van der Waals surface area (Å²) in [5.41, 5.74) is 1.81. The van der Waals surface area contributed by atoms with Gasteiger partial charge in [0.1, 0.15) is 0 Å². The SMILES string of the molecule is CC(C)n1cnc([C@H]2CN(Cc3ccccn3)C[C@]23CCN(CC2CC2)C3=O)c1. The van der Waals surface area contributed by atoms with Crippen molar-refractivity contribution in [2.24, 2.45) is 11.3 Å². The van der Waals surface area contributed by atoms with Gasteiger partial charge in [-0.25, -0.2) is 4.98 Å². The molecule has 3 aliphatic rings. The topological polar surface area (TPSA) is 54.3 Å². The van der Waals surface area contributed by atoms with Gasteiger partial charge in [-0.2, -0.15) is 0 Å². The summed E-state index contributed by atoms with van der Waals surface area (Å²) in [5.74, 6) is 1.25. The van der Waals surface area contributed by atoms with Crippen LogP contribution in [-0.2, 0) is 11.3 Å². The molecule has 0 N–H and O–H groups in total. The molecule has 29 heavy (non-hydrogen) atoms. The fourth-order valence-corrected chi connectivity index (χ4v) is 5.15. The number of rotatable bonds is 6. The molecule has 154 valence electrons. The van der Waals surface area contributed by atoms with Crippen LogP contribution in [0.5, 0.6) is 0 Å². The van der Waals surface area contributed by atoms with Gasteiger partial charge in [0.15, 0.2) is 0 Å². The number of hydrogen-bond donors (Lipinski definition) is 0. The Morgan fingerprint density at radius 2 is 2.10 bits per heavy atom. The standard InChI is InChI=1S/C23H31N5O/c1-17(2)28-14-21(25-16-28)20-13-26(12-19-5-3-4-9-24-19)15-23(20)8-10-27(22(23)29)11-18-6-7-18/h3-5,9,14,16-18,20H,6-8,10-13,15H2,1-2H3/t20-,23-/m1/s1. The molecule has 6 heteroatoms. The summed E-state index contributed by atoms with van der Waals surface area (Å²) >= 11 is 0. The minimum Gasteiger partial charge on any atom is -0.342 e. The molecule has 1 spiro atoms. The van der Waals surface area contributed by atoms with E-state index in [0.717, 1.165) is 56.5 Å². The molecule has 6 nitrogen and oxygen atoms in total. The van der Waals surface area contributed by atoms with Gasteiger partial charge in [0, 0.05) is 57.1 Å². The summed E-state index contributed by atoms with van der Waals surface area (Å²) in [6.45, 7) is 8.65. The van der Waals surface area contributed by atoms with E-state index >= 15 is 0 Å². The van der Waals surface area contributed by atoms with Gasteiger partial charge in [0.05, 0.1) is 23.1 Å². The van der Waals surface area contributed by atoms with Gasteiger partial charge < -0.3 is 9.47 Å². The van der Waals surface area contributed by atoms with Crippen LogP contribution in [0.3, 0.4) is 0 Å². The molecule has 1 amide bonds. The van der Waals surface area contributed by atoms with E-state index in [1.54, 1.807) is 0 Å². The van der Waals surface area contributed by atoms with Crippen molar-refractivity contribution in [2.75, 3.05) is 26.2 Å². The summed E-state index contributed by atoms with van der Waals surface area (Å²) in [6, 6.07) is 6.44. The lowest BCUT2D eigenvalue weighted by Crippen LogP contribution is -2.40. The van der Waals surface area contributed by atoms with Crippen molar-refractivity contribution >= 4 is 5.91 Å². The van der Waals surface area contributed by atoms with Crippen LogP contribution >= 0.6 is 0 Å². The van der Waals surface area contributed by atoms with Gasteiger partial charge in [-0.05, 0) is 51.2 Å². The third-order valence-corrected chi connectivity index (χ3v) is 7.02. The molecule has 0 radical (unpaired) electrons. The smallest absolute Gasteiger partial charge is 0.230 e. The van der Waals surface area contributed by atoms with Crippen molar-refractivity contribution in [3.63, 3.8) is 0 Å². The highest BCUT2D eigenvalue weighted by atomic mass is 16.2. The molecule has 2 aromatic rings. The molecule has 2 aromatic heterocycles. The van der Waals surface area contributed by atoms with Crippen LogP contribution < -0.4 is 0 Å². The highest BCUT2D eigenvalue weighted by Crippen LogP contribution is 2.50. The van der Waals surface area contributed by atoms with Gasteiger partial charge in [-0.15, -0.1) is 0 Å². The number of carbonyl (C=O) groups is 1. The average Bonchev–Trinajstić information content (AvgIpc) is 3.13. The molecule has 0 unspecified atom stereocenters. The summed E-state index contributed by atoms with van der Waals surface area (Å²) in [4.78, 5) is 27.5. The summed E-state index contributed by atoms with van der Waals surface area (Å²) in [7, 11) is 0.